The second-order valence-corrected chi connectivity index (χ2v) is 6.90. The maximum atomic E-state index is 2.43. The molecule has 0 bridgehead atoms. The molecule has 0 aliphatic heterocycles. The summed E-state index contributed by atoms with van der Waals surface area (Å²) < 4.78 is 0. The molecule has 2 aliphatic carbocycles. The minimum Gasteiger partial charge on any atom is -0.0773 e. The van der Waals surface area contributed by atoms with Gasteiger partial charge in [-0.1, -0.05) is 78.7 Å². The van der Waals surface area contributed by atoms with Crippen LogP contribution in [0.1, 0.15) is 34.7 Å². The highest BCUT2D eigenvalue weighted by Crippen LogP contribution is 2.41. The molecule has 0 heteroatoms. The summed E-state index contributed by atoms with van der Waals surface area (Å²) in [6.07, 6.45) is 8.12. The molecule has 0 spiro atoms. The topological polar surface area (TPSA) is 0 Å². The van der Waals surface area contributed by atoms with Gasteiger partial charge in [0.1, 0.15) is 0 Å². The van der Waals surface area contributed by atoms with Crippen LogP contribution in [0.25, 0.3) is 5.57 Å². The summed E-state index contributed by atoms with van der Waals surface area (Å²) >= 11 is 0. The third-order valence-corrected chi connectivity index (χ3v) is 4.90. The Balaban J connectivity index is 1.99. The van der Waals surface area contributed by atoms with Gasteiger partial charge in [0.15, 0.2) is 0 Å². The van der Waals surface area contributed by atoms with Crippen LogP contribution in [-0.2, 0) is 6.42 Å². The SMILES string of the molecule is Cc1ccc(C2=C3C=CC(C)C=C3Cc3cc(C)ccc32)cc1. The van der Waals surface area contributed by atoms with E-state index in [-0.39, 0.29) is 0 Å². The van der Waals surface area contributed by atoms with Gasteiger partial charge in [0.2, 0.25) is 0 Å². The van der Waals surface area contributed by atoms with Crippen LogP contribution in [0.2, 0.25) is 0 Å². The van der Waals surface area contributed by atoms with Gasteiger partial charge in [-0.3, -0.25) is 0 Å². The van der Waals surface area contributed by atoms with Crippen LogP contribution < -0.4 is 0 Å². The molecule has 0 amide bonds. The number of hydrogen-bond acceptors (Lipinski definition) is 0. The Labute approximate surface area is 138 Å². The highest BCUT2D eigenvalue weighted by molar-refractivity contribution is 5.90. The second kappa shape index (κ2) is 5.38. The van der Waals surface area contributed by atoms with E-state index in [2.05, 4.69) is 81.5 Å². The lowest BCUT2D eigenvalue weighted by Crippen LogP contribution is -2.12. The van der Waals surface area contributed by atoms with Crippen LogP contribution in [0.5, 0.6) is 0 Å². The van der Waals surface area contributed by atoms with Gasteiger partial charge in [0.25, 0.3) is 0 Å². The third kappa shape index (κ3) is 2.49. The maximum absolute atomic E-state index is 2.43. The van der Waals surface area contributed by atoms with Crippen molar-refractivity contribution in [1.82, 2.24) is 0 Å². The van der Waals surface area contributed by atoms with E-state index in [9.17, 15) is 0 Å². The van der Waals surface area contributed by atoms with E-state index in [1.165, 1.54) is 44.5 Å². The van der Waals surface area contributed by atoms with Gasteiger partial charge in [0, 0.05) is 0 Å². The highest BCUT2D eigenvalue weighted by Gasteiger charge is 2.24. The molecule has 1 unspecified atom stereocenters. The van der Waals surface area contributed by atoms with Gasteiger partial charge in [-0.25, -0.2) is 0 Å². The zero-order valence-corrected chi connectivity index (χ0v) is 14.1. The van der Waals surface area contributed by atoms with Crippen molar-refractivity contribution in [3.8, 4) is 0 Å². The van der Waals surface area contributed by atoms with Crippen LogP contribution in [0.3, 0.4) is 0 Å². The zero-order chi connectivity index (χ0) is 16.0. The van der Waals surface area contributed by atoms with E-state index in [1.807, 2.05) is 0 Å². The molecule has 0 heterocycles. The lowest BCUT2D eigenvalue weighted by molar-refractivity contribution is 0.897. The summed E-state index contributed by atoms with van der Waals surface area (Å²) in [5, 5.41) is 0. The Morgan fingerprint density at radius 3 is 2.43 bits per heavy atom. The second-order valence-electron chi connectivity index (χ2n) is 6.90. The average Bonchev–Trinajstić information content (AvgIpc) is 2.53. The average molecular weight is 298 g/mol. The van der Waals surface area contributed by atoms with Crippen molar-refractivity contribution in [1.29, 1.82) is 0 Å². The molecule has 2 aromatic carbocycles. The van der Waals surface area contributed by atoms with Crippen molar-refractivity contribution >= 4 is 5.57 Å². The van der Waals surface area contributed by atoms with Crippen molar-refractivity contribution < 1.29 is 0 Å². The van der Waals surface area contributed by atoms with Crippen LogP contribution in [0.15, 0.2) is 71.8 Å². The van der Waals surface area contributed by atoms with Crippen molar-refractivity contribution in [3.05, 3.63) is 99.7 Å². The summed E-state index contributed by atoms with van der Waals surface area (Å²) in [5.74, 6) is 0.527. The van der Waals surface area contributed by atoms with Gasteiger partial charge < -0.3 is 0 Å². The summed E-state index contributed by atoms with van der Waals surface area (Å²) in [5.41, 5.74) is 11.1. The van der Waals surface area contributed by atoms with Crippen molar-refractivity contribution in [3.63, 3.8) is 0 Å². The van der Waals surface area contributed by atoms with E-state index in [0.29, 0.717) is 5.92 Å². The van der Waals surface area contributed by atoms with Crippen molar-refractivity contribution in [2.75, 3.05) is 0 Å². The maximum Gasteiger partial charge on any atom is -0.00163 e. The molecule has 1 atom stereocenters. The smallest absolute Gasteiger partial charge is 0.00163 e. The molecule has 4 rings (SSSR count). The lowest BCUT2D eigenvalue weighted by Gasteiger charge is -2.28. The summed E-state index contributed by atoms with van der Waals surface area (Å²) in [7, 11) is 0. The minimum absolute atomic E-state index is 0.527. The first kappa shape index (κ1) is 14.3. The molecular formula is C23H22. The number of allylic oxidation sites excluding steroid dienone is 5. The van der Waals surface area contributed by atoms with Gasteiger partial charge in [-0.2, -0.15) is 0 Å². The van der Waals surface area contributed by atoms with Crippen LogP contribution in [-0.4, -0.2) is 0 Å². The van der Waals surface area contributed by atoms with E-state index in [1.54, 1.807) is 0 Å². The normalized spacial score (nSPS) is 19.3. The molecule has 0 saturated carbocycles. The molecule has 0 nitrogen and oxygen atoms in total. The quantitative estimate of drug-likeness (QED) is 0.624. The molecule has 0 radical (unpaired) electrons. The van der Waals surface area contributed by atoms with Gasteiger partial charge in [0.05, 0.1) is 0 Å². The highest BCUT2D eigenvalue weighted by atomic mass is 14.3. The van der Waals surface area contributed by atoms with E-state index < -0.39 is 0 Å². The van der Waals surface area contributed by atoms with Gasteiger partial charge in [-0.15, -0.1) is 0 Å². The Hall–Kier alpha value is -2.34. The number of rotatable bonds is 1. The van der Waals surface area contributed by atoms with Gasteiger partial charge >= 0.3 is 0 Å². The first-order valence-electron chi connectivity index (χ1n) is 8.42. The number of aryl methyl sites for hydroxylation is 2. The molecule has 0 aromatic heterocycles. The lowest BCUT2D eigenvalue weighted by atomic mass is 9.76. The fraction of sp³-hybridized carbons (Fsp3) is 0.217. The molecule has 114 valence electrons. The van der Waals surface area contributed by atoms with Crippen molar-refractivity contribution in [2.24, 2.45) is 5.92 Å². The van der Waals surface area contributed by atoms with E-state index in [4.69, 9.17) is 0 Å². The molecule has 2 aliphatic rings. The number of hydrogen-bond donors (Lipinski definition) is 0. The summed E-state index contributed by atoms with van der Waals surface area (Å²) in [6.45, 7) is 6.59. The molecule has 0 saturated heterocycles. The van der Waals surface area contributed by atoms with Crippen LogP contribution in [0.4, 0.5) is 0 Å². The Bertz CT molecular complexity index is 857. The summed E-state index contributed by atoms with van der Waals surface area (Å²) in [6, 6.07) is 15.8. The minimum atomic E-state index is 0.527. The van der Waals surface area contributed by atoms with Crippen molar-refractivity contribution in [2.45, 2.75) is 27.2 Å². The Morgan fingerprint density at radius 1 is 0.913 bits per heavy atom. The molecular weight excluding hydrogens is 276 g/mol. The molecule has 2 aromatic rings. The predicted molar refractivity (Wildman–Crippen MR) is 98.5 cm³/mol. The molecule has 23 heavy (non-hydrogen) atoms. The Morgan fingerprint density at radius 2 is 1.65 bits per heavy atom. The van der Waals surface area contributed by atoms with Gasteiger partial charge in [-0.05, 0) is 59.6 Å². The van der Waals surface area contributed by atoms with E-state index in [0.717, 1.165) is 6.42 Å². The number of benzene rings is 2. The molecule has 0 N–H and O–H groups in total. The monoisotopic (exact) mass is 298 g/mol. The first-order valence-corrected chi connectivity index (χ1v) is 8.42. The van der Waals surface area contributed by atoms with Crippen LogP contribution >= 0.6 is 0 Å². The predicted octanol–water partition coefficient (Wildman–Crippen LogP) is 5.79. The fourth-order valence-corrected chi connectivity index (χ4v) is 3.71. The van der Waals surface area contributed by atoms with Crippen LogP contribution in [0, 0.1) is 19.8 Å². The largest absolute Gasteiger partial charge is 0.0773 e. The summed E-state index contributed by atoms with van der Waals surface area (Å²) in [4.78, 5) is 0. The van der Waals surface area contributed by atoms with E-state index >= 15 is 0 Å². The zero-order valence-electron chi connectivity index (χ0n) is 14.1. The fourth-order valence-electron chi connectivity index (χ4n) is 3.71. The number of fused-ring (bicyclic) bond motifs is 2. The standard InChI is InChI=1S/C23H22/c1-15-4-8-18(9-5-15)23-21-10-6-16(2)12-19(21)14-20-13-17(3)7-11-22(20)23/h4-13,16H,14H2,1-3H3. The Kier molecular flexibility index (Phi) is 3.34. The third-order valence-electron chi connectivity index (χ3n) is 4.90. The molecule has 0 fully saturated rings. The first-order chi connectivity index (χ1) is 11.1.